The number of thiazole rings is 1. The highest BCUT2D eigenvalue weighted by atomic mass is 32.1. The zero-order chi connectivity index (χ0) is 17.2. The summed E-state index contributed by atoms with van der Waals surface area (Å²) in [7, 11) is 0. The van der Waals surface area contributed by atoms with Crippen molar-refractivity contribution in [2.45, 2.75) is 13.3 Å². The monoisotopic (exact) mass is 346 g/mol. The van der Waals surface area contributed by atoms with Crippen molar-refractivity contribution < 1.29 is 4.79 Å². The molecule has 0 aliphatic rings. The highest BCUT2D eigenvalue weighted by Gasteiger charge is 2.10. The van der Waals surface area contributed by atoms with E-state index < -0.39 is 0 Å². The molecule has 0 amide bonds. The molecule has 122 valence electrons. The molecule has 0 spiro atoms. The van der Waals surface area contributed by atoms with Gasteiger partial charge in [0.1, 0.15) is 5.82 Å². The van der Waals surface area contributed by atoms with Crippen molar-refractivity contribution in [1.29, 1.82) is 0 Å². The van der Waals surface area contributed by atoms with Crippen LogP contribution in [-0.4, -0.2) is 25.7 Å². The van der Waals surface area contributed by atoms with Crippen LogP contribution in [0.3, 0.4) is 0 Å². The van der Waals surface area contributed by atoms with Crippen molar-refractivity contribution >= 4 is 28.0 Å². The molecule has 0 radical (unpaired) electrons. The number of carbonyl (C=O) groups excluding carboxylic acids is 1. The van der Waals surface area contributed by atoms with Gasteiger partial charge in [-0.3, -0.25) is 9.78 Å². The van der Waals surface area contributed by atoms with E-state index in [9.17, 15) is 4.79 Å². The number of nitrogens with zero attached hydrogens (tertiary/aromatic N) is 4. The summed E-state index contributed by atoms with van der Waals surface area (Å²) in [5.41, 5.74) is 2.52. The average molecular weight is 346 g/mol. The Hall–Kier alpha value is -2.99. The molecule has 0 aliphatic heterocycles. The molecule has 0 fully saturated rings. The molecule has 1 aromatic carbocycles. The first kappa shape index (κ1) is 15.5. The van der Waals surface area contributed by atoms with Gasteiger partial charge >= 0.3 is 0 Å². The molecule has 4 aromatic rings. The van der Waals surface area contributed by atoms with E-state index in [4.69, 9.17) is 0 Å². The lowest BCUT2D eigenvalue weighted by Gasteiger charge is -2.04. The molecule has 0 bridgehead atoms. The van der Waals surface area contributed by atoms with Gasteiger partial charge in [-0.15, -0.1) is 11.3 Å². The molecule has 5 nitrogen and oxygen atoms in total. The Kier molecular flexibility index (Phi) is 4.03. The third-order valence-corrected chi connectivity index (χ3v) is 4.82. The number of Topliss-reactive ketones (excluding diaryl/α,β-unsaturated/α-hetero) is 1. The minimum absolute atomic E-state index is 0.0176. The van der Waals surface area contributed by atoms with Crippen LogP contribution in [0.2, 0.25) is 0 Å². The van der Waals surface area contributed by atoms with Gasteiger partial charge in [0.25, 0.3) is 0 Å². The molecule has 3 aromatic heterocycles. The second-order valence-corrected chi connectivity index (χ2v) is 6.87. The molecule has 0 saturated carbocycles. The normalized spacial score (nSPS) is 10.9. The van der Waals surface area contributed by atoms with E-state index in [1.54, 1.807) is 42.1 Å². The lowest BCUT2D eigenvalue weighted by molar-refractivity contribution is 0.0991. The van der Waals surface area contributed by atoms with Gasteiger partial charge in [0.15, 0.2) is 5.78 Å². The standard InChI is InChI=1S/C19H14N4OS/c1-12-21-11-18(25-12)14-2-3-15-10-22-19(23-16(15)8-14)9-17(24)13-4-6-20-7-5-13/h2-8,10-11H,9H2,1H3. The van der Waals surface area contributed by atoms with Crippen molar-refractivity contribution in [3.05, 3.63) is 71.5 Å². The fourth-order valence-corrected chi connectivity index (χ4v) is 3.35. The second-order valence-electron chi connectivity index (χ2n) is 5.64. The summed E-state index contributed by atoms with van der Waals surface area (Å²) in [6.07, 6.45) is 7.02. The van der Waals surface area contributed by atoms with Crippen molar-refractivity contribution in [1.82, 2.24) is 19.9 Å². The smallest absolute Gasteiger partial charge is 0.170 e. The molecule has 6 heteroatoms. The van der Waals surface area contributed by atoms with Crippen LogP contribution >= 0.6 is 11.3 Å². The third-order valence-electron chi connectivity index (χ3n) is 3.86. The van der Waals surface area contributed by atoms with Crippen molar-refractivity contribution in [2.75, 3.05) is 0 Å². The second kappa shape index (κ2) is 6.49. The van der Waals surface area contributed by atoms with Crippen molar-refractivity contribution in [3.8, 4) is 10.4 Å². The van der Waals surface area contributed by atoms with E-state index in [0.29, 0.717) is 11.4 Å². The molecule has 3 heterocycles. The zero-order valence-corrected chi connectivity index (χ0v) is 14.3. The molecule has 0 atom stereocenters. The first-order chi connectivity index (χ1) is 12.2. The van der Waals surface area contributed by atoms with Crippen molar-refractivity contribution in [3.63, 3.8) is 0 Å². The van der Waals surface area contributed by atoms with Crippen LogP contribution in [0.25, 0.3) is 21.3 Å². The molecule has 4 rings (SSSR count). The fourth-order valence-electron chi connectivity index (χ4n) is 2.58. The van der Waals surface area contributed by atoms with Gasteiger partial charge in [-0.1, -0.05) is 12.1 Å². The van der Waals surface area contributed by atoms with Gasteiger partial charge in [0.05, 0.1) is 21.8 Å². The maximum atomic E-state index is 12.3. The topological polar surface area (TPSA) is 68.6 Å². The Morgan fingerprint density at radius 1 is 1.08 bits per heavy atom. The highest BCUT2D eigenvalue weighted by molar-refractivity contribution is 7.15. The Morgan fingerprint density at radius 3 is 2.68 bits per heavy atom. The summed E-state index contributed by atoms with van der Waals surface area (Å²) in [6, 6.07) is 9.46. The van der Waals surface area contributed by atoms with E-state index in [0.717, 1.165) is 26.4 Å². The third kappa shape index (κ3) is 3.29. The van der Waals surface area contributed by atoms with E-state index >= 15 is 0 Å². The fraction of sp³-hybridized carbons (Fsp3) is 0.105. The largest absolute Gasteiger partial charge is 0.294 e. The van der Waals surface area contributed by atoms with Crippen LogP contribution in [0.4, 0.5) is 0 Å². The molecule has 0 aliphatic carbocycles. The Bertz CT molecular complexity index is 1060. The van der Waals surface area contributed by atoms with Gasteiger partial charge < -0.3 is 0 Å². The van der Waals surface area contributed by atoms with E-state index in [2.05, 4.69) is 19.9 Å². The predicted molar refractivity (Wildman–Crippen MR) is 97.7 cm³/mol. The first-order valence-electron chi connectivity index (χ1n) is 7.81. The van der Waals surface area contributed by atoms with Crippen LogP contribution in [0.15, 0.2) is 55.1 Å². The number of hydrogen-bond donors (Lipinski definition) is 0. The van der Waals surface area contributed by atoms with E-state index in [1.165, 1.54) is 0 Å². The van der Waals surface area contributed by atoms with E-state index in [-0.39, 0.29) is 12.2 Å². The molecule has 25 heavy (non-hydrogen) atoms. The quantitative estimate of drug-likeness (QED) is 0.525. The summed E-state index contributed by atoms with van der Waals surface area (Å²) in [5, 5.41) is 1.98. The number of fused-ring (bicyclic) bond motifs is 1. The summed E-state index contributed by atoms with van der Waals surface area (Å²) in [6.45, 7) is 1.99. The minimum Gasteiger partial charge on any atom is -0.294 e. The van der Waals surface area contributed by atoms with Gasteiger partial charge in [-0.05, 0) is 30.7 Å². The highest BCUT2D eigenvalue weighted by Crippen LogP contribution is 2.28. The molecular formula is C19H14N4OS. The van der Waals surface area contributed by atoms with Gasteiger partial charge in [-0.2, -0.15) is 0 Å². The summed E-state index contributed by atoms with van der Waals surface area (Å²) < 4.78 is 0. The maximum Gasteiger partial charge on any atom is 0.170 e. The molecular weight excluding hydrogens is 332 g/mol. The van der Waals surface area contributed by atoms with Crippen molar-refractivity contribution in [2.24, 2.45) is 0 Å². The SMILES string of the molecule is Cc1ncc(-c2ccc3cnc(CC(=O)c4ccncc4)nc3c2)s1. The van der Waals surface area contributed by atoms with Crippen LogP contribution in [0.1, 0.15) is 21.2 Å². The Labute approximate surface area is 148 Å². The lowest BCUT2D eigenvalue weighted by atomic mass is 10.1. The first-order valence-corrected chi connectivity index (χ1v) is 8.62. The summed E-state index contributed by atoms with van der Waals surface area (Å²) in [4.78, 5) is 30.6. The van der Waals surface area contributed by atoms with Crippen LogP contribution in [0.5, 0.6) is 0 Å². The van der Waals surface area contributed by atoms with Gasteiger partial charge in [0.2, 0.25) is 0 Å². The minimum atomic E-state index is -0.0176. The average Bonchev–Trinajstić information content (AvgIpc) is 3.08. The van der Waals surface area contributed by atoms with Crippen LogP contribution in [-0.2, 0) is 6.42 Å². The molecule has 0 unspecified atom stereocenters. The maximum absolute atomic E-state index is 12.3. The molecule has 0 N–H and O–H groups in total. The number of aromatic nitrogens is 4. The Morgan fingerprint density at radius 2 is 1.92 bits per heavy atom. The lowest BCUT2D eigenvalue weighted by Crippen LogP contribution is -2.07. The van der Waals surface area contributed by atoms with Gasteiger partial charge in [0, 0.05) is 35.7 Å². The predicted octanol–water partition coefficient (Wildman–Crippen LogP) is 3.88. The Balaban J connectivity index is 1.66. The number of benzene rings is 1. The number of aryl methyl sites for hydroxylation is 1. The van der Waals surface area contributed by atoms with Crippen LogP contribution in [0, 0.1) is 6.92 Å². The number of pyridine rings is 1. The van der Waals surface area contributed by atoms with Crippen LogP contribution < -0.4 is 0 Å². The van der Waals surface area contributed by atoms with Gasteiger partial charge in [-0.25, -0.2) is 15.0 Å². The number of rotatable bonds is 4. The summed E-state index contributed by atoms with van der Waals surface area (Å²) >= 11 is 1.65. The summed E-state index contributed by atoms with van der Waals surface area (Å²) in [5.74, 6) is 0.503. The molecule has 0 saturated heterocycles. The number of hydrogen-bond acceptors (Lipinski definition) is 6. The zero-order valence-electron chi connectivity index (χ0n) is 13.5. The number of carbonyl (C=O) groups is 1. The van der Waals surface area contributed by atoms with E-state index in [1.807, 2.05) is 31.3 Å². The number of ketones is 1.